The average molecular weight is 483 g/mol. The number of pyridine rings is 1. The van der Waals surface area contributed by atoms with Crippen molar-refractivity contribution in [3.05, 3.63) is 71.1 Å². The predicted molar refractivity (Wildman–Crippen MR) is 136 cm³/mol. The zero-order valence-corrected chi connectivity index (χ0v) is 20.0. The molecule has 6 rings (SSSR count). The first kappa shape index (κ1) is 21.4. The van der Waals surface area contributed by atoms with E-state index in [1.54, 1.807) is 29.3 Å². The Balaban J connectivity index is 1.41. The second-order valence-electron chi connectivity index (χ2n) is 8.57. The van der Waals surface area contributed by atoms with E-state index in [9.17, 15) is 4.79 Å². The minimum Gasteiger partial charge on any atom is -0.494 e. The van der Waals surface area contributed by atoms with Crippen molar-refractivity contribution in [2.45, 2.75) is 18.8 Å². The third kappa shape index (κ3) is 4.04. The molecule has 1 N–H and O–H groups in total. The van der Waals surface area contributed by atoms with Crippen LogP contribution in [0, 0.1) is 0 Å². The van der Waals surface area contributed by atoms with E-state index in [4.69, 9.17) is 4.74 Å². The van der Waals surface area contributed by atoms with Crippen LogP contribution in [-0.4, -0.2) is 37.7 Å². The lowest BCUT2D eigenvalue weighted by Gasteiger charge is -2.13. The van der Waals surface area contributed by atoms with E-state index in [2.05, 4.69) is 30.7 Å². The molecule has 8 nitrogen and oxygen atoms in total. The standard InChI is InChI=1S/C26H22N6O2S/c1-32-12-19(24(31-32)17-7-8-35-13-17)25-18-9-22(23(34-2)10-21(18)28-14-29-25)30-26(33)16-5-6-20(27-11-16)15-3-4-15/h5-15H,3-4H2,1-2H3,(H,30,33). The quantitative estimate of drug-likeness (QED) is 0.353. The number of fused-ring (bicyclic) bond motifs is 1. The monoisotopic (exact) mass is 482 g/mol. The molecule has 4 aromatic heterocycles. The van der Waals surface area contributed by atoms with E-state index in [1.807, 2.05) is 49.0 Å². The fourth-order valence-electron chi connectivity index (χ4n) is 4.19. The normalized spacial score (nSPS) is 13.2. The number of rotatable bonds is 6. The minimum absolute atomic E-state index is 0.253. The van der Waals surface area contributed by atoms with Crippen molar-refractivity contribution in [2.24, 2.45) is 7.05 Å². The Bertz CT molecular complexity index is 1540. The van der Waals surface area contributed by atoms with Crippen LogP contribution in [0.3, 0.4) is 0 Å². The van der Waals surface area contributed by atoms with Crippen LogP contribution in [0.2, 0.25) is 0 Å². The molecule has 0 radical (unpaired) electrons. The van der Waals surface area contributed by atoms with Gasteiger partial charge in [-0.2, -0.15) is 16.4 Å². The van der Waals surface area contributed by atoms with Gasteiger partial charge in [-0.05, 0) is 42.5 Å². The first-order valence-corrected chi connectivity index (χ1v) is 12.2. The minimum atomic E-state index is -0.253. The van der Waals surface area contributed by atoms with Crippen LogP contribution >= 0.6 is 11.3 Å². The summed E-state index contributed by atoms with van der Waals surface area (Å²) in [6, 6.07) is 9.46. The highest BCUT2D eigenvalue weighted by molar-refractivity contribution is 7.08. The molecule has 0 spiro atoms. The smallest absolute Gasteiger partial charge is 0.257 e. The summed E-state index contributed by atoms with van der Waals surface area (Å²) < 4.78 is 7.35. The van der Waals surface area contributed by atoms with Crippen molar-refractivity contribution in [3.63, 3.8) is 0 Å². The Morgan fingerprint density at radius 3 is 2.74 bits per heavy atom. The van der Waals surface area contributed by atoms with Gasteiger partial charge in [0.05, 0.1) is 29.6 Å². The Hall–Kier alpha value is -4.11. The predicted octanol–water partition coefficient (Wildman–Crippen LogP) is 5.29. The fourth-order valence-corrected chi connectivity index (χ4v) is 4.83. The number of benzene rings is 1. The maximum Gasteiger partial charge on any atom is 0.257 e. The molecule has 0 bridgehead atoms. The summed E-state index contributed by atoms with van der Waals surface area (Å²) in [7, 11) is 3.46. The van der Waals surface area contributed by atoms with Gasteiger partial charge in [-0.3, -0.25) is 14.5 Å². The zero-order valence-electron chi connectivity index (χ0n) is 19.2. The van der Waals surface area contributed by atoms with Gasteiger partial charge >= 0.3 is 0 Å². The number of anilines is 1. The number of methoxy groups -OCH3 is 1. The summed E-state index contributed by atoms with van der Waals surface area (Å²) in [5.41, 5.74) is 6.28. The molecule has 1 fully saturated rings. The number of hydrogen-bond acceptors (Lipinski definition) is 7. The maximum atomic E-state index is 13.0. The first-order chi connectivity index (χ1) is 17.1. The number of carbonyl (C=O) groups excluding carboxylic acids is 1. The fraction of sp³-hybridized carbons (Fsp3) is 0.192. The molecule has 0 atom stereocenters. The van der Waals surface area contributed by atoms with Crippen LogP contribution in [0.1, 0.15) is 34.8 Å². The highest BCUT2D eigenvalue weighted by Crippen LogP contribution is 2.39. The van der Waals surface area contributed by atoms with Gasteiger partial charge in [0.1, 0.15) is 17.8 Å². The number of hydrogen-bond donors (Lipinski definition) is 1. The van der Waals surface area contributed by atoms with Crippen LogP contribution < -0.4 is 10.1 Å². The SMILES string of the molecule is COc1cc2ncnc(-c3cn(C)nc3-c3ccsc3)c2cc1NC(=O)c1ccc(C2CC2)nc1. The molecule has 5 aromatic rings. The maximum absolute atomic E-state index is 13.0. The van der Waals surface area contributed by atoms with E-state index in [1.165, 1.54) is 19.2 Å². The van der Waals surface area contributed by atoms with Crippen molar-refractivity contribution < 1.29 is 9.53 Å². The lowest BCUT2D eigenvalue weighted by Crippen LogP contribution is -2.13. The Morgan fingerprint density at radius 2 is 2.03 bits per heavy atom. The molecule has 1 saturated carbocycles. The van der Waals surface area contributed by atoms with Crippen LogP contribution in [0.5, 0.6) is 5.75 Å². The molecule has 1 aromatic carbocycles. The topological polar surface area (TPSA) is 94.8 Å². The van der Waals surface area contributed by atoms with E-state index in [0.717, 1.165) is 33.6 Å². The van der Waals surface area contributed by atoms with Crippen LogP contribution in [-0.2, 0) is 7.05 Å². The van der Waals surface area contributed by atoms with Gasteiger partial charge in [0.2, 0.25) is 0 Å². The first-order valence-electron chi connectivity index (χ1n) is 11.3. The largest absolute Gasteiger partial charge is 0.494 e. The molecule has 35 heavy (non-hydrogen) atoms. The molecule has 1 aliphatic rings. The van der Waals surface area contributed by atoms with Crippen LogP contribution in [0.4, 0.5) is 5.69 Å². The average Bonchev–Trinajstić information content (AvgIpc) is 3.44. The summed E-state index contributed by atoms with van der Waals surface area (Å²) in [5.74, 6) is 0.802. The number of amides is 1. The van der Waals surface area contributed by atoms with Gasteiger partial charge in [-0.15, -0.1) is 0 Å². The molecule has 1 aliphatic carbocycles. The Labute approximate surface area is 205 Å². The van der Waals surface area contributed by atoms with Gasteiger partial charge in [0, 0.05) is 59.0 Å². The van der Waals surface area contributed by atoms with E-state index >= 15 is 0 Å². The van der Waals surface area contributed by atoms with Crippen LogP contribution in [0.15, 0.2) is 59.8 Å². The van der Waals surface area contributed by atoms with Crippen LogP contribution in [0.25, 0.3) is 33.4 Å². The highest BCUT2D eigenvalue weighted by Gasteiger charge is 2.25. The number of aromatic nitrogens is 5. The van der Waals surface area contributed by atoms with Gasteiger partial charge in [0.25, 0.3) is 5.91 Å². The number of thiophene rings is 1. The van der Waals surface area contributed by atoms with E-state index < -0.39 is 0 Å². The van der Waals surface area contributed by atoms with E-state index in [-0.39, 0.29) is 5.91 Å². The van der Waals surface area contributed by atoms with Gasteiger partial charge in [0.15, 0.2) is 0 Å². The molecule has 0 aliphatic heterocycles. The Kier molecular flexibility index (Phi) is 5.26. The molecule has 9 heteroatoms. The summed E-state index contributed by atoms with van der Waals surface area (Å²) in [6.07, 6.45) is 7.45. The lowest BCUT2D eigenvalue weighted by atomic mass is 10.0. The number of nitrogens with one attached hydrogen (secondary N) is 1. The number of ether oxygens (including phenoxy) is 1. The van der Waals surface area contributed by atoms with Gasteiger partial charge in [-0.25, -0.2) is 9.97 Å². The molecule has 0 saturated heterocycles. The third-order valence-electron chi connectivity index (χ3n) is 6.13. The second-order valence-corrected chi connectivity index (χ2v) is 9.35. The second kappa shape index (κ2) is 8.59. The molecule has 4 heterocycles. The number of nitrogens with zero attached hydrogens (tertiary/aromatic N) is 5. The van der Waals surface area contributed by atoms with Crippen molar-refractivity contribution in [3.8, 4) is 28.3 Å². The molecule has 174 valence electrons. The summed E-state index contributed by atoms with van der Waals surface area (Å²) in [4.78, 5) is 26.5. The highest BCUT2D eigenvalue weighted by atomic mass is 32.1. The summed E-state index contributed by atoms with van der Waals surface area (Å²) in [6.45, 7) is 0. The molecule has 1 amide bonds. The Morgan fingerprint density at radius 1 is 1.14 bits per heavy atom. The van der Waals surface area contributed by atoms with Crippen molar-refractivity contribution in [1.29, 1.82) is 0 Å². The zero-order chi connectivity index (χ0) is 23.9. The number of carbonyl (C=O) groups is 1. The summed E-state index contributed by atoms with van der Waals surface area (Å²) in [5, 5.41) is 12.5. The van der Waals surface area contributed by atoms with Gasteiger partial charge < -0.3 is 10.1 Å². The van der Waals surface area contributed by atoms with E-state index in [0.29, 0.717) is 28.4 Å². The van der Waals surface area contributed by atoms with Gasteiger partial charge in [-0.1, -0.05) is 0 Å². The summed E-state index contributed by atoms with van der Waals surface area (Å²) >= 11 is 1.62. The molecular weight excluding hydrogens is 460 g/mol. The van der Waals surface area contributed by atoms with Crippen molar-refractivity contribution >= 4 is 33.8 Å². The van der Waals surface area contributed by atoms with Crippen molar-refractivity contribution in [1.82, 2.24) is 24.7 Å². The third-order valence-corrected chi connectivity index (χ3v) is 6.81. The molecule has 0 unspecified atom stereocenters. The lowest BCUT2D eigenvalue weighted by molar-refractivity contribution is 0.102. The number of aryl methyl sites for hydroxylation is 1. The van der Waals surface area contributed by atoms with Crippen molar-refractivity contribution in [2.75, 3.05) is 12.4 Å². The molecular formula is C26H22N6O2S.